The van der Waals surface area contributed by atoms with E-state index in [2.05, 4.69) is 115 Å². The number of unbranched alkanes of at least 4 members (excludes halogenated alkanes) is 2. The number of hydrogen-bond acceptors (Lipinski definition) is 2. The molecule has 0 saturated heterocycles. The number of nitrogens with zero attached hydrogens (tertiary/aromatic N) is 1. The lowest BCUT2D eigenvalue weighted by molar-refractivity contribution is 0.678. The first-order valence-corrected chi connectivity index (χ1v) is 13.2. The Kier molecular flexibility index (Phi) is 7.18. The number of anilines is 3. The average molecular weight is 461 g/mol. The highest BCUT2D eigenvalue weighted by Crippen LogP contribution is 2.40. The van der Waals surface area contributed by atoms with Crippen molar-refractivity contribution >= 4 is 17.1 Å². The fourth-order valence-electron chi connectivity index (χ4n) is 5.07. The highest BCUT2D eigenvalue weighted by atomic mass is 15.1. The van der Waals surface area contributed by atoms with E-state index in [0.717, 1.165) is 30.9 Å². The number of nitrogens with one attached hydrogen (secondary N) is 1. The summed E-state index contributed by atoms with van der Waals surface area (Å²) < 4.78 is 0. The first-order chi connectivity index (χ1) is 17.2. The molecule has 5 rings (SSSR count). The molecule has 0 saturated carbocycles. The Balaban J connectivity index is 1.32. The van der Waals surface area contributed by atoms with Gasteiger partial charge in [-0.3, -0.25) is 0 Å². The van der Waals surface area contributed by atoms with Crippen LogP contribution in [0.15, 0.2) is 91.0 Å². The molecule has 4 aromatic rings. The van der Waals surface area contributed by atoms with Crippen molar-refractivity contribution in [3.8, 4) is 22.3 Å². The van der Waals surface area contributed by atoms with Gasteiger partial charge in [0, 0.05) is 30.2 Å². The Bertz CT molecular complexity index is 1250. The summed E-state index contributed by atoms with van der Waals surface area (Å²) in [7, 11) is 0. The van der Waals surface area contributed by atoms with Crippen LogP contribution in [-0.4, -0.2) is 13.1 Å². The van der Waals surface area contributed by atoms with Gasteiger partial charge in [0.1, 0.15) is 0 Å². The van der Waals surface area contributed by atoms with Crippen LogP contribution in [0, 0.1) is 0 Å². The Labute approximate surface area is 210 Å². The molecule has 0 atom stereocenters. The summed E-state index contributed by atoms with van der Waals surface area (Å²) in [5.74, 6) is 0. The van der Waals surface area contributed by atoms with Gasteiger partial charge in [0.2, 0.25) is 0 Å². The Morgan fingerprint density at radius 1 is 0.629 bits per heavy atom. The summed E-state index contributed by atoms with van der Waals surface area (Å²) in [5.41, 5.74) is 11.7. The molecule has 2 nitrogen and oxygen atoms in total. The van der Waals surface area contributed by atoms with E-state index in [4.69, 9.17) is 0 Å². The molecule has 0 aliphatic heterocycles. The van der Waals surface area contributed by atoms with Gasteiger partial charge in [-0.05, 0) is 89.0 Å². The van der Waals surface area contributed by atoms with Crippen LogP contribution in [0.4, 0.5) is 17.1 Å². The molecule has 0 fully saturated rings. The fraction of sp³-hybridized carbons (Fsp3) is 0.273. The molecule has 178 valence electrons. The van der Waals surface area contributed by atoms with Gasteiger partial charge in [0.05, 0.1) is 0 Å². The number of rotatable bonds is 10. The smallest absolute Gasteiger partial charge is 0.0390 e. The summed E-state index contributed by atoms with van der Waals surface area (Å²) in [5, 5.41) is 3.64. The normalized spacial score (nSPS) is 11.7. The van der Waals surface area contributed by atoms with Gasteiger partial charge in [-0.25, -0.2) is 0 Å². The third-order valence-electron chi connectivity index (χ3n) is 7.08. The summed E-state index contributed by atoms with van der Waals surface area (Å²) in [4.78, 5) is 2.53. The van der Waals surface area contributed by atoms with Crippen molar-refractivity contribution in [3.05, 3.63) is 102 Å². The van der Waals surface area contributed by atoms with Crippen LogP contribution in [-0.2, 0) is 6.42 Å². The first-order valence-electron chi connectivity index (χ1n) is 13.2. The van der Waals surface area contributed by atoms with Crippen LogP contribution < -0.4 is 10.2 Å². The maximum Gasteiger partial charge on any atom is 0.0390 e. The van der Waals surface area contributed by atoms with E-state index in [1.165, 1.54) is 64.8 Å². The van der Waals surface area contributed by atoms with Crippen LogP contribution in [0.1, 0.15) is 50.7 Å². The van der Waals surface area contributed by atoms with E-state index in [1.807, 2.05) is 0 Å². The van der Waals surface area contributed by atoms with E-state index in [9.17, 15) is 0 Å². The first kappa shape index (κ1) is 23.2. The zero-order valence-electron chi connectivity index (χ0n) is 21.1. The third-order valence-corrected chi connectivity index (χ3v) is 7.08. The van der Waals surface area contributed by atoms with Crippen LogP contribution >= 0.6 is 0 Å². The minimum atomic E-state index is 1.01. The molecule has 2 heteroatoms. The Morgan fingerprint density at radius 3 is 2.06 bits per heavy atom. The predicted octanol–water partition coefficient (Wildman–Crippen LogP) is 9.08. The van der Waals surface area contributed by atoms with E-state index in [-0.39, 0.29) is 0 Å². The lowest BCUT2D eigenvalue weighted by Crippen LogP contribution is -2.25. The van der Waals surface area contributed by atoms with Gasteiger partial charge in [-0.2, -0.15) is 0 Å². The molecule has 0 unspecified atom stereocenters. The molecule has 0 radical (unpaired) electrons. The van der Waals surface area contributed by atoms with Crippen LogP contribution in [0.3, 0.4) is 0 Å². The highest BCUT2D eigenvalue weighted by Gasteiger charge is 2.19. The van der Waals surface area contributed by atoms with Crippen LogP contribution in [0.25, 0.3) is 22.3 Å². The van der Waals surface area contributed by atoms with E-state index < -0.39 is 0 Å². The van der Waals surface area contributed by atoms with Gasteiger partial charge < -0.3 is 10.2 Å². The molecule has 0 amide bonds. The topological polar surface area (TPSA) is 15.3 Å². The SMILES string of the molecule is CCCCN(CCCC)c1ccc(Nc2ccc3c(c2)-c2ccc(-c4ccccc4)cc2C3)cc1. The molecule has 35 heavy (non-hydrogen) atoms. The summed E-state index contributed by atoms with van der Waals surface area (Å²) >= 11 is 0. The molecule has 1 aliphatic carbocycles. The molecule has 1 N–H and O–H groups in total. The standard InChI is InChI=1S/C33H36N2/c1-3-5-20-35(21-6-4-2)31-17-15-29(16-18-31)34-30-14-12-27-23-28-22-26(25-10-8-7-9-11-25)13-19-32(28)33(27)24-30/h7-19,22,24,34H,3-6,20-21,23H2,1-2H3. The fourth-order valence-corrected chi connectivity index (χ4v) is 5.07. The van der Waals surface area contributed by atoms with Crippen molar-refractivity contribution in [3.63, 3.8) is 0 Å². The second kappa shape index (κ2) is 10.8. The summed E-state index contributed by atoms with van der Waals surface area (Å²) in [6, 6.07) is 33.3. The maximum atomic E-state index is 3.64. The highest BCUT2D eigenvalue weighted by molar-refractivity contribution is 5.83. The zero-order chi connectivity index (χ0) is 24.0. The monoisotopic (exact) mass is 460 g/mol. The van der Waals surface area contributed by atoms with Crippen LogP contribution in [0.2, 0.25) is 0 Å². The molecule has 0 spiro atoms. The second-order valence-corrected chi connectivity index (χ2v) is 9.65. The molecule has 1 aliphatic rings. The predicted molar refractivity (Wildman–Crippen MR) is 152 cm³/mol. The maximum absolute atomic E-state index is 3.64. The lowest BCUT2D eigenvalue weighted by Gasteiger charge is -2.25. The minimum absolute atomic E-state index is 1.01. The molecular weight excluding hydrogens is 424 g/mol. The molecule has 4 aromatic carbocycles. The number of benzene rings is 4. The zero-order valence-corrected chi connectivity index (χ0v) is 21.1. The van der Waals surface area contributed by atoms with Crippen molar-refractivity contribution in [2.24, 2.45) is 0 Å². The average Bonchev–Trinajstić information content (AvgIpc) is 3.27. The van der Waals surface area contributed by atoms with Crippen LogP contribution in [0.5, 0.6) is 0 Å². The van der Waals surface area contributed by atoms with Gasteiger partial charge in [0.25, 0.3) is 0 Å². The Hall–Kier alpha value is -3.52. The summed E-state index contributed by atoms with van der Waals surface area (Å²) in [6.45, 7) is 6.81. The molecule has 0 bridgehead atoms. The lowest BCUT2D eigenvalue weighted by atomic mass is 9.99. The van der Waals surface area contributed by atoms with Gasteiger partial charge in [0.15, 0.2) is 0 Å². The minimum Gasteiger partial charge on any atom is -0.372 e. The quantitative estimate of drug-likeness (QED) is 0.223. The van der Waals surface area contributed by atoms with E-state index in [1.54, 1.807) is 0 Å². The number of fused-ring (bicyclic) bond motifs is 3. The van der Waals surface area contributed by atoms with E-state index in [0.29, 0.717) is 0 Å². The molecule has 0 aromatic heterocycles. The van der Waals surface area contributed by atoms with E-state index >= 15 is 0 Å². The summed E-state index contributed by atoms with van der Waals surface area (Å²) in [6.07, 6.45) is 5.96. The van der Waals surface area contributed by atoms with Crippen molar-refractivity contribution in [1.82, 2.24) is 0 Å². The number of hydrogen-bond donors (Lipinski definition) is 1. The van der Waals surface area contributed by atoms with Gasteiger partial charge in [-0.15, -0.1) is 0 Å². The third kappa shape index (κ3) is 5.27. The van der Waals surface area contributed by atoms with Gasteiger partial charge >= 0.3 is 0 Å². The molecule has 0 heterocycles. The largest absolute Gasteiger partial charge is 0.372 e. The van der Waals surface area contributed by atoms with Crippen molar-refractivity contribution in [1.29, 1.82) is 0 Å². The van der Waals surface area contributed by atoms with Crippen molar-refractivity contribution in [2.45, 2.75) is 46.0 Å². The van der Waals surface area contributed by atoms with Gasteiger partial charge in [-0.1, -0.05) is 81.3 Å². The van der Waals surface area contributed by atoms with Crippen molar-refractivity contribution < 1.29 is 0 Å². The second-order valence-electron chi connectivity index (χ2n) is 9.65. The molecular formula is C33H36N2. The Morgan fingerprint density at radius 2 is 1.34 bits per heavy atom. The van der Waals surface area contributed by atoms with Crippen molar-refractivity contribution in [2.75, 3.05) is 23.3 Å².